The van der Waals surface area contributed by atoms with Crippen molar-refractivity contribution in [1.29, 1.82) is 5.41 Å². The Morgan fingerprint density at radius 2 is 1.95 bits per heavy atom. The van der Waals surface area contributed by atoms with Gasteiger partial charge in [0.1, 0.15) is 35.4 Å². The van der Waals surface area contributed by atoms with Gasteiger partial charge in [-0.3, -0.25) is 10.2 Å². The normalized spacial score (nSPS) is 14.5. The highest BCUT2D eigenvalue weighted by Gasteiger charge is 2.24. The summed E-state index contributed by atoms with van der Waals surface area (Å²) in [6, 6.07) is 9.77. The minimum atomic E-state index is -0.282. The number of carbonyl (C=O) groups is 1. The number of rotatable bonds is 7. The molecule has 0 unspecified atom stereocenters. The fourth-order valence-corrected chi connectivity index (χ4v) is 4.67. The summed E-state index contributed by atoms with van der Waals surface area (Å²) < 4.78 is 20.6. The van der Waals surface area contributed by atoms with E-state index in [1.165, 1.54) is 12.1 Å². The summed E-state index contributed by atoms with van der Waals surface area (Å²) in [5, 5.41) is 11.6. The van der Waals surface area contributed by atoms with E-state index in [4.69, 9.17) is 15.1 Å². The van der Waals surface area contributed by atoms with Gasteiger partial charge in [-0.25, -0.2) is 19.3 Å². The SMILES string of the molecule is CNc1cnc(/C=C\C(=N)c2c(-c3ccc(F)cc3)nc3n2CCC3)[nH]1.O=Cc1ccnc(N2CCOCC2)c1. The van der Waals surface area contributed by atoms with Crippen molar-refractivity contribution in [2.24, 2.45) is 0 Å². The topological polar surface area (TPSA) is 125 Å². The lowest BCUT2D eigenvalue weighted by atomic mass is 10.1. The molecule has 4 aromatic rings. The first-order valence-electron chi connectivity index (χ1n) is 13.1. The molecule has 10 nitrogen and oxygen atoms in total. The summed E-state index contributed by atoms with van der Waals surface area (Å²) in [5.41, 5.74) is 3.33. The third-order valence-electron chi connectivity index (χ3n) is 6.71. The van der Waals surface area contributed by atoms with Crippen molar-refractivity contribution < 1.29 is 13.9 Å². The molecular formula is C29H31FN8O2. The van der Waals surface area contributed by atoms with Gasteiger partial charge in [0.05, 0.1) is 36.5 Å². The molecule has 3 aromatic heterocycles. The molecular weight excluding hydrogens is 511 g/mol. The van der Waals surface area contributed by atoms with Crippen molar-refractivity contribution in [3.05, 3.63) is 83.6 Å². The number of pyridine rings is 1. The van der Waals surface area contributed by atoms with Crippen LogP contribution in [0.1, 0.15) is 34.1 Å². The molecule has 3 N–H and O–H groups in total. The zero-order valence-corrected chi connectivity index (χ0v) is 22.2. The zero-order valence-electron chi connectivity index (χ0n) is 22.2. The number of ether oxygens (including phenoxy) is 1. The number of H-pyrrole nitrogens is 1. The van der Waals surface area contributed by atoms with Crippen LogP contribution in [0.4, 0.5) is 16.0 Å². The molecule has 2 aliphatic heterocycles. The lowest BCUT2D eigenvalue weighted by Crippen LogP contribution is -2.36. The van der Waals surface area contributed by atoms with E-state index in [1.54, 1.807) is 48.8 Å². The number of morpholine rings is 1. The minimum Gasteiger partial charge on any atom is -0.378 e. The monoisotopic (exact) mass is 542 g/mol. The molecule has 1 saturated heterocycles. The van der Waals surface area contributed by atoms with E-state index in [-0.39, 0.29) is 5.82 Å². The molecule has 0 atom stereocenters. The summed E-state index contributed by atoms with van der Waals surface area (Å²) in [6.45, 7) is 3.99. The predicted molar refractivity (Wildman–Crippen MR) is 153 cm³/mol. The van der Waals surface area contributed by atoms with Gasteiger partial charge in [-0.2, -0.15) is 0 Å². The summed E-state index contributed by atoms with van der Waals surface area (Å²) in [4.78, 5) is 29.0. The number of aldehydes is 1. The number of hydrogen-bond donors (Lipinski definition) is 3. The molecule has 11 heteroatoms. The smallest absolute Gasteiger partial charge is 0.150 e. The van der Waals surface area contributed by atoms with Gasteiger partial charge >= 0.3 is 0 Å². The molecule has 0 radical (unpaired) electrons. The van der Waals surface area contributed by atoms with Gasteiger partial charge in [0, 0.05) is 50.4 Å². The van der Waals surface area contributed by atoms with Crippen LogP contribution in [0, 0.1) is 11.2 Å². The summed E-state index contributed by atoms with van der Waals surface area (Å²) >= 11 is 0. The van der Waals surface area contributed by atoms with E-state index < -0.39 is 0 Å². The Morgan fingerprint density at radius 1 is 1.15 bits per heavy atom. The maximum absolute atomic E-state index is 13.3. The molecule has 0 bridgehead atoms. The molecule has 40 heavy (non-hydrogen) atoms. The maximum atomic E-state index is 13.3. The number of hydrogen-bond acceptors (Lipinski definition) is 8. The Kier molecular flexibility index (Phi) is 8.41. The number of allylic oxidation sites excluding steroid dienone is 1. The van der Waals surface area contributed by atoms with Crippen LogP contribution < -0.4 is 10.2 Å². The summed E-state index contributed by atoms with van der Waals surface area (Å²) in [5.74, 6) is 3.04. The second-order valence-corrected chi connectivity index (χ2v) is 9.33. The Hall–Kier alpha value is -4.64. The fourth-order valence-electron chi connectivity index (χ4n) is 4.67. The molecule has 2 aliphatic rings. The van der Waals surface area contributed by atoms with Crippen molar-refractivity contribution >= 4 is 29.7 Å². The van der Waals surface area contributed by atoms with E-state index in [2.05, 4.69) is 29.7 Å². The fraction of sp³-hybridized carbons (Fsp3) is 0.276. The molecule has 0 spiro atoms. The molecule has 206 valence electrons. The average molecular weight is 543 g/mol. The minimum absolute atomic E-state index is 0.282. The Morgan fingerprint density at radius 3 is 2.67 bits per heavy atom. The van der Waals surface area contributed by atoms with Crippen molar-refractivity contribution in [1.82, 2.24) is 24.5 Å². The highest BCUT2D eigenvalue weighted by molar-refractivity contribution is 6.11. The van der Waals surface area contributed by atoms with E-state index in [0.29, 0.717) is 17.1 Å². The van der Waals surface area contributed by atoms with E-state index >= 15 is 0 Å². The number of nitrogens with zero attached hydrogens (tertiary/aromatic N) is 5. The van der Waals surface area contributed by atoms with Crippen molar-refractivity contribution in [3.8, 4) is 11.3 Å². The van der Waals surface area contributed by atoms with Crippen molar-refractivity contribution in [2.45, 2.75) is 19.4 Å². The Labute approximate surface area is 231 Å². The molecule has 6 rings (SSSR count). The average Bonchev–Trinajstić information content (AvgIpc) is 3.74. The van der Waals surface area contributed by atoms with E-state index in [1.807, 2.05) is 7.05 Å². The number of nitrogens with one attached hydrogen (secondary N) is 3. The number of benzene rings is 1. The van der Waals surface area contributed by atoms with Crippen molar-refractivity contribution in [2.75, 3.05) is 43.6 Å². The Balaban J connectivity index is 0.000000194. The van der Waals surface area contributed by atoms with Crippen LogP contribution in [0.15, 0.2) is 54.9 Å². The molecule has 0 aliphatic carbocycles. The van der Waals surface area contributed by atoms with Gasteiger partial charge in [-0.1, -0.05) is 0 Å². The number of aryl methyl sites for hydroxylation is 1. The van der Waals surface area contributed by atoms with Gasteiger partial charge in [0.25, 0.3) is 0 Å². The zero-order chi connectivity index (χ0) is 27.9. The largest absolute Gasteiger partial charge is 0.378 e. The van der Waals surface area contributed by atoms with E-state index in [0.717, 1.165) is 86.4 Å². The number of halogens is 1. The standard InChI is InChI=1S/C19H19FN6.C10H12N2O2/c1-22-16-11-23-15(24-16)9-8-14(21)19-18(12-4-6-13(20)7-5-12)25-17-3-2-10-26(17)19;13-8-9-1-2-11-10(7-9)12-3-5-14-6-4-12/h4-9,11,21-22H,2-3,10H2,1H3,(H,23,24);1-2,7-8H,3-6H2/b9-8-,21-14?;. The first-order chi connectivity index (χ1) is 19.6. The quantitative estimate of drug-likeness (QED) is 0.236. The lowest BCUT2D eigenvalue weighted by Gasteiger charge is -2.27. The maximum Gasteiger partial charge on any atom is 0.150 e. The lowest BCUT2D eigenvalue weighted by molar-refractivity contribution is 0.112. The highest BCUT2D eigenvalue weighted by Crippen LogP contribution is 2.29. The van der Waals surface area contributed by atoms with Crippen LogP contribution in [0.2, 0.25) is 0 Å². The third kappa shape index (κ3) is 6.15. The van der Waals surface area contributed by atoms with Gasteiger partial charge in [0.15, 0.2) is 0 Å². The van der Waals surface area contributed by atoms with Crippen LogP contribution in [0.25, 0.3) is 17.3 Å². The molecule has 5 heterocycles. The first-order valence-corrected chi connectivity index (χ1v) is 13.1. The molecule has 1 aromatic carbocycles. The number of imidazole rings is 2. The second-order valence-electron chi connectivity index (χ2n) is 9.33. The van der Waals surface area contributed by atoms with Crippen LogP contribution in [-0.4, -0.2) is 69.9 Å². The molecule has 0 amide bonds. The first kappa shape index (κ1) is 26.9. The molecule has 0 saturated carbocycles. The van der Waals surface area contributed by atoms with Crippen LogP contribution in [-0.2, 0) is 17.7 Å². The predicted octanol–water partition coefficient (Wildman–Crippen LogP) is 4.21. The van der Waals surface area contributed by atoms with Crippen LogP contribution in [0.5, 0.6) is 0 Å². The summed E-state index contributed by atoms with van der Waals surface area (Å²) in [6.07, 6.45) is 9.61. The van der Waals surface area contributed by atoms with Gasteiger partial charge < -0.3 is 24.5 Å². The molecule has 1 fully saturated rings. The number of anilines is 2. The van der Waals surface area contributed by atoms with Crippen molar-refractivity contribution in [3.63, 3.8) is 0 Å². The third-order valence-corrected chi connectivity index (χ3v) is 6.71. The number of carbonyl (C=O) groups excluding carboxylic acids is 1. The summed E-state index contributed by atoms with van der Waals surface area (Å²) in [7, 11) is 1.81. The van der Waals surface area contributed by atoms with Gasteiger partial charge in [0.2, 0.25) is 0 Å². The van der Waals surface area contributed by atoms with Crippen LogP contribution in [0.3, 0.4) is 0 Å². The van der Waals surface area contributed by atoms with Crippen LogP contribution >= 0.6 is 0 Å². The van der Waals surface area contributed by atoms with Gasteiger partial charge in [-0.15, -0.1) is 0 Å². The van der Waals surface area contributed by atoms with E-state index in [9.17, 15) is 9.18 Å². The Bertz CT molecular complexity index is 1500. The number of fused-ring (bicyclic) bond motifs is 1. The number of aromatic amines is 1. The van der Waals surface area contributed by atoms with Gasteiger partial charge in [-0.05, 0) is 55.0 Å². The highest BCUT2D eigenvalue weighted by atomic mass is 19.1. The second kappa shape index (κ2) is 12.5. The number of aromatic nitrogens is 5.